The Morgan fingerprint density at radius 3 is 1.70 bits per heavy atom. The van der Waals surface area contributed by atoms with Crippen molar-refractivity contribution in [1.82, 2.24) is 0 Å². The van der Waals surface area contributed by atoms with Crippen LogP contribution >= 0.6 is 0 Å². The summed E-state index contributed by atoms with van der Waals surface area (Å²) in [4.78, 5) is 30.3. The van der Waals surface area contributed by atoms with E-state index in [0.29, 0.717) is 23.2 Å². The molecule has 0 aliphatic carbocycles. The Morgan fingerprint density at radius 1 is 0.704 bits per heavy atom. The molecule has 3 heterocycles. The van der Waals surface area contributed by atoms with Gasteiger partial charge >= 0.3 is 5.97 Å². The number of fused-ring (bicyclic) bond motifs is 2. The first kappa shape index (κ1) is 34.6. The van der Waals surface area contributed by atoms with Gasteiger partial charge in [0.05, 0.1) is 0 Å². The monoisotopic (exact) mass is 711 g/mol. The number of hydrogen-bond donors (Lipinski definition) is 2. The van der Waals surface area contributed by atoms with Gasteiger partial charge in [0, 0.05) is 64.6 Å². The van der Waals surface area contributed by atoms with Gasteiger partial charge in [-0.25, -0.2) is 4.79 Å². The van der Waals surface area contributed by atoms with Gasteiger partial charge in [-0.2, -0.15) is 4.57 Å². The van der Waals surface area contributed by atoms with Crippen LogP contribution in [-0.4, -0.2) is 30.1 Å². The zero-order valence-corrected chi connectivity index (χ0v) is 30.4. The van der Waals surface area contributed by atoms with Gasteiger partial charge in [0.2, 0.25) is 6.54 Å². The highest BCUT2D eigenvalue weighted by Gasteiger charge is 2.33. The lowest BCUT2D eigenvalue weighted by Gasteiger charge is -2.32. The highest BCUT2D eigenvalue weighted by molar-refractivity contribution is 6.25. The minimum absolute atomic E-state index is 0.159. The Bertz CT molecular complexity index is 2220. The van der Waals surface area contributed by atoms with Crippen LogP contribution in [0.4, 0.5) is 28.4 Å². The summed E-state index contributed by atoms with van der Waals surface area (Å²) in [6.45, 7) is 3.98. The molecular weight excluding hydrogens is 669 g/mol. The Morgan fingerprint density at radius 2 is 1.20 bits per heavy atom. The topological polar surface area (TPSA) is 76.8 Å². The molecule has 0 spiro atoms. The van der Waals surface area contributed by atoms with Gasteiger partial charge in [-0.3, -0.25) is 4.79 Å². The predicted molar refractivity (Wildman–Crippen MR) is 216 cm³/mol. The Hall–Kier alpha value is -6.47. The summed E-state index contributed by atoms with van der Waals surface area (Å²) in [5.41, 5.74) is 11.3. The minimum atomic E-state index is -0.927. The van der Waals surface area contributed by atoms with Crippen molar-refractivity contribution in [1.29, 1.82) is 0 Å². The van der Waals surface area contributed by atoms with E-state index in [1.807, 2.05) is 42.5 Å². The van der Waals surface area contributed by atoms with E-state index in [2.05, 4.69) is 125 Å². The summed E-state index contributed by atoms with van der Waals surface area (Å²) >= 11 is 0. The number of allylic oxidation sites excluding steroid dienone is 1. The number of para-hydroxylation sites is 3. The Balaban J connectivity index is 1.21. The molecule has 8 rings (SSSR count). The van der Waals surface area contributed by atoms with Crippen LogP contribution in [0.2, 0.25) is 0 Å². The minimum Gasteiger partial charge on any atom is -0.477 e. The van der Waals surface area contributed by atoms with Crippen molar-refractivity contribution in [3.63, 3.8) is 0 Å². The molecule has 0 radical (unpaired) electrons. The number of nitrogens with zero attached hydrogens (tertiary/aromatic N) is 3. The zero-order valence-electron chi connectivity index (χ0n) is 30.4. The number of benzene rings is 5. The molecule has 268 valence electrons. The Labute approximate surface area is 316 Å². The molecule has 7 heteroatoms. The van der Waals surface area contributed by atoms with Crippen LogP contribution in [0.3, 0.4) is 0 Å². The van der Waals surface area contributed by atoms with Crippen LogP contribution in [0.15, 0.2) is 158 Å². The molecule has 1 amide bonds. The first-order valence-corrected chi connectivity index (χ1v) is 18.6. The summed E-state index contributed by atoms with van der Waals surface area (Å²) < 4.78 is 1.59. The largest absolute Gasteiger partial charge is 0.477 e. The number of aliphatic carboxylic acids is 1. The number of amides is 1. The fraction of sp³-hybridized carbons (Fsp3) is 0.170. The second-order valence-electron chi connectivity index (χ2n) is 14.3. The third-order valence-corrected chi connectivity index (χ3v) is 10.9. The number of carboxylic acid groups (broad SMARTS) is 1. The maximum Gasteiger partial charge on any atom is 0.370 e. The molecule has 0 bridgehead atoms. The van der Waals surface area contributed by atoms with Crippen LogP contribution in [0.1, 0.15) is 41.2 Å². The molecule has 0 fully saturated rings. The molecule has 5 aromatic carbocycles. The standard InChI is InChI=1S/C47H42N4O3/c1-47(37-17-19-43-35(31-37)24-29-50(43)40-13-7-3-8-14-40,38-18-20-44-36(32-38)25-30-51(44)41-15-9-4-10-16-41)26-21-42(46(54)48-39-11-5-2-6-12-39)34-22-27-49(28-23-34)33-45(52)53/h2-23,27-28,31-32H,24-26,29-30,33H2,1H3,(H-,48,52,53,54)/p+1/b42-21+. The van der Waals surface area contributed by atoms with Gasteiger partial charge in [-0.1, -0.05) is 91.9 Å². The number of carbonyl (C=O) groups excluding carboxylic acids is 1. The number of aromatic nitrogens is 1. The molecule has 2 aliphatic heterocycles. The first-order chi connectivity index (χ1) is 26.4. The molecular formula is C47H43N4O3+. The number of hydrogen-bond acceptors (Lipinski definition) is 4. The number of nitrogens with one attached hydrogen (secondary N) is 1. The van der Waals surface area contributed by atoms with Crippen molar-refractivity contribution >= 4 is 45.9 Å². The van der Waals surface area contributed by atoms with Gasteiger partial charge in [-0.05, 0) is 95.6 Å². The van der Waals surface area contributed by atoms with Crippen LogP contribution in [0.25, 0.3) is 5.57 Å². The van der Waals surface area contributed by atoms with Gasteiger partial charge in [-0.15, -0.1) is 0 Å². The molecule has 2 N–H and O–H groups in total. The average molecular weight is 712 g/mol. The van der Waals surface area contributed by atoms with Crippen molar-refractivity contribution in [2.45, 2.75) is 38.1 Å². The molecule has 1 aromatic heterocycles. The van der Waals surface area contributed by atoms with Gasteiger partial charge in [0.25, 0.3) is 5.91 Å². The summed E-state index contributed by atoms with van der Waals surface area (Å²) in [6.07, 6.45) is 7.93. The molecule has 0 unspecified atom stereocenters. The number of rotatable bonds is 11. The quantitative estimate of drug-likeness (QED) is 0.104. The van der Waals surface area contributed by atoms with E-state index >= 15 is 0 Å². The van der Waals surface area contributed by atoms with E-state index in [9.17, 15) is 14.7 Å². The van der Waals surface area contributed by atoms with Crippen LogP contribution in [-0.2, 0) is 34.4 Å². The molecule has 6 aromatic rings. The highest BCUT2D eigenvalue weighted by atomic mass is 16.4. The normalized spacial score (nSPS) is 13.8. The maximum absolute atomic E-state index is 14.1. The number of carbonyl (C=O) groups is 2. The number of anilines is 5. The van der Waals surface area contributed by atoms with Gasteiger partial charge in [0.1, 0.15) is 0 Å². The molecule has 0 atom stereocenters. The van der Waals surface area contributed by atoms with E-state index < -0.39 is 11.4 Å². The molecule has 7 nitrogen and oxygen atoms in total. The molecule has 54 heavy (non-hydrogen) atoms. The van der Waals surface area contributed by atoms with Crippen molar-refractivity contribution in [2.24, 2.45) is 0 Å². The summed E-state index contributed by atoms with van der Waals surface area (Å²) in [6, 6.07) is 48.0. The highest BCUT2D eigenvalue weighted by Crippen LogP contribution is 2.44. The van der Waals surface area contributed by atoms with Crippen LogP contribution < -0.4 is 19.7 Å². The SMILES string of the molecule is CC(C/C=C(/C(=O)Nc1ccccc1)c1cc[n+](CC(=O)O)cc1)(c1ccc2c(c1)CCN2c1ccccc1)c1ccc2c(c1)CCN2c1ccccc1. The van der Waals surface area contributed by atoms with Crippen molar-refractivity contribution in [3.8, 4) is 0 Å². The lowest BCUT2D eigenvalue weighted by Crippen LogP contribution is -2.37. The van der Waals surface area contributed by atoms with Crippen LogP contribution in [0.5, 0.6) is 0 Å². The second-order valence-corrected chi connectivity index (χ2v) is 14.3. The van der Waals surface area contributed by atoms with Gasteiger partial charge < -0.3 is 20.2 Å². The molecule has 2 aliphatic rings. The van der Waals surface area contributed by atoms with E-state index in [4.69, 9.17) is 0 Å². The van der Waals surface area contributed by atoms with Crippen molar-refractivity contribution < 1.29 is 19.3 Å². The second kappa shape index (κ2) is 14.9. The van der Waals surface area contributed by atoms with E-state index in [1.165, 1.54) is 45.0 Å². The number of pyridine rings is 1. The Kier molecular flexibility index (Phi) is 9.53. The van der Waals surface area contributed by atoms with Crippen LogP contribution in [0, 0.1) is 0 Å². The zero-order chi connectivity index (χ0) is 37.1. The first-order valence-electron chi connectivity index (χ1n) is 18.6. The summed E-state index contributed by atoms with van der Waals surface area (Å²) in [5, 5.41) is 12.4. The van der Waals surface area contributed by atoms with Crippen molar-refractivity contribution in [3.05, 3.63) is 186 Å². The maximum atomic E-state index is 14.1. The lowest BCUT2D eigenvalue weighted by atomic mass is 9.72. The van der Waals surface area contributed by atoms with E-state index in [0.717, 1.165) is 25.9 Å². The molecule has 0 saturated carbocycles. The fourth-order valence-corrected chi connectivity index (χ4v) is 7.91. The summed E-state index contributed by atoms with van der Waals surface area (Å²) in [5.74, 6) is -1.15. The average Bonchev–Trinajstić information content (AvgIpc) is 3.83. The van der Waals surface area contributed by atoms with Gasteiger partial charge in [0.15, 0.2) is 12.4 Å². The fourth-order valence-electron chi connectivity index (χ4n) is 7.91. The smallest absolute Gasteiger partial charge is 0.370 e. The summed E-state index contributed by atoms with van der Waals surface area (Å²) in [7, 11) is 0. The van der Waals surface area contributed by atoms with E-state index in [1.54, 1.807) is 17.0 Å². The molecule has 0 saturated heterocycles. The lowest BCUT2D eigenvalue weighted by molar-refractivity contribution is -0.685. The number of carboxylic acids is 1. The third kappa shape index (κ3) is 7.00. The van der Waals surface area contributed by atoms with Crippen molar-refractivity contribution in [2.75, 3.05) is 28.2 Å². The third-order valence-electron chi connectivity index (χ3n) is 10.9. The van der Waals surface area contributed by atoms with E-state index in [-0.39, 0.29) is 12.5 Å². The predicted octanol–water partition coefficient (Wildman–Crippen LogP) is 8.87.